The largest absolute Gasteiger partial charge is 0.324 e. The molecule has 0 saturated carbocycles. The summed E-state index contributed by atoms with van der Waals surface area (Å²) < 4.78 is 27.6. The van der Waals surface area contributed by atoms with Crippen molar-refractivity contribution in [2.45, 2.75) is 13.0 Å². The number of benzene rings is 3. The van der Waals surface area contributed by atoms with E-state index in [0.29, 0.717) is 41.5 Å². The molecule has 3 aromatic carbocycles. The van der Waals surface area contributed by atoms with Crippen LogP contribution in [0.5, 0.6) is 0 Å². The Bertz CT molecular complexity index is 1170. The van der Waals surface area contributed by atoms with Gasteiger partial charge < -0.3 is 10.2 Å². The lowest BCUT2D eigenvalue weighted by atomic mass is 10.1. The molecule has 0 unspecified atom stereocenters. The van der Waals surface area contributed by atoms with Gasteiger partial charge in [0.1, 0.15) is 11.6 Å². The van der Waals surface area contributed by atoms with Gasteiger partial charge in [0.2, 0.25) is 0 Å². The fourth-order valence-corrected chi connectivity index (χ4v) is 3.85. The summed E-state index contributed by atoms with van der Waals surface area (Å²) in [6.07, 6.45) is 0.666. The molecule has 32 heavy (non-hydrogen) atoms. The number of carbonyl (C=O) groups excluding carboxylic acids is 2. The van der Waals surface area contributed by atoms with Crippen molar-refractivity contribution >= 4 is 34.9 Å². The molecule has 1 fully saturated rings. The van der Waals surface area contributed by atoms with Crippen molar-refractivity contribution in [1.82, 2.24) is 4.90 Å². The Morgan fingerprint density at radius 2 is 1.81 bits per heavy atom. The van der Waals surface area contributed by atoms with E-state index in [9.17, 15) is 18.4 Å². The molecule has 1 N–H and O–H groups in total. The van der Waals surface area contributed by atoms with Crippen LogP contribution in [-0.2, 0) is 6.54 Å². The van der Waals surface area contributed by atoms with Gasteiger partial charge in [-0.05, 0) is 55.0 Å². The predicted molar refractivity (Wildman–Crippen MR) is 120 cm³/mol. The Hall–Kier alpha value is -3.45. The highest BCUT2D eigenvalue weighted by molar-refractivity contribution is 6.34. The number of rotatable bonds is 5. The van der Waals surface area contributed by atoms with E-state index in [1.165, 1.54) is 4.90 Å². The molecule has 0 aliphatic carbocycles. The van der Waals surface area contributed by atoms with Crippen LogP contribution in [0.3, 0.4) is 0 Å². The third-order valence-electron chi connectivity index (χ3n) is 5.21. The predicted octanol–water partition coefficient (Wildman–Crippen LogP) is 5.70. The summed E-state index contributed by atoms with van der Waals surface area (Å²) in [7, 11) is 0. The maximum absolute atomic E-state index is 14.0. The molecule has 0 radical (unpaired) electrons. The van der Waals surface area contributed by atoms with Gasteiger partial charge >= 0.3 is 6.03 Å². The third-order valence-corrected chi connectivity index (χ3v) is 5.54. The monoisotopic (exact) mass is 455 g/mol. The van der Waals surface area contributed by atoms with Crippen LogP contribution >= 0.6 is 11.6 Å². The van der Waals surface area contributed by atoms with E-state index < -0.39 is 11.6 Å². The summed E-state index contributed by atoms with van der Waals surface area (Å²) in [6, 6.07) is 16.5. The number of nitrogens with zero attached hydrogens (tertiary/aromatic N) is 2. The molecule has 5 nitrogen and oxygen atoms in total. The second-order valence-corrected chi connectivity index (χ2v) is 7.84. The van der Waals surface area contributed by atoms with Crippen molar-refractivity contribution in [3.63, 3.8) is 0 Å². The molecule has 4 rings (SSSR count). The summed E-state index contributed by atoms with van der Waals surface area (Å²) >= 11 is 6.09. The average molecular weight is 456 g/mol. The first-order valence-electron chi connectivity index (χ1n) is 10.1. The number of amides is 3. The van der Waals surface area contributed by atoms with Gasteiger partial charge in [0.15, 0.2) is 0 Å². The third kappa shape index (κ3) is 4.73. The molecule has 1 aliphatic rings. The average Bonchev–Trinajstić information content (AvgIpc) is 2.78. The Balaban J connectivity index is 1.51. The highest BCUT2D eigenvalue weighted by Crippen LogP contribution is 2.26. The molecule has 0 spiro atoms. The number of nitrogens with one attached hydrogen (secondary N) is 1. The maximum Gasteiger partial charge on any atom is 0.324 e. The zero-order valence-corrected chi connectivity index (χ0v) is 17.8. The molecule has 1 aliphatic heterocycles. The Labute approximate surface area is 189 Å². The van der Waals surface area contributed by atoms with E-state index in [1.807, 2.05) is 0 Å². The molecule has 0 aromatic heterocycles. The number of anilines is 2. The summed E-state index contributed by atoms with van der Waals surface area (Å²) in [5.41, 5.74) is 1.57. The summed E-state index contributed by atoms with van der Waals surface area (Å²) in [5.74, 6) is -1.47. The second-order valence-electron chi connectivity index (χ2n) is 7.43. The first-order valence-corrected chi connectivity index (χ1v) is 10.5. The fourth-order valence-electron chi connectivity index (χ4n) is 3.63. The number of hydrogen-bond donors (Lipinski definition) is 1. The number of urea groups is 1. The van der Waals surface area contributed by atoms with Gasteiger partial charge in [-0.15, -0.1) is 0 Å². The van der Waals surface area contributed by atoms with E-state index in [1.54, 1.807) is 53.4 Å². The molecule has 1 heterocycles. The van der Waals surface area contributed by atoms with Gasteiger partial charge in [0.05, 0.1) is 17.1 Å². The van der Waals surface area contributed by atoms with Gasteiger partial charge in [-0.3, -0.25) is 9.69 Å². The van der Waals surface area contributed by atoms with Crippen LogP contribution in [-0.4, -0.2) is 29.9 Å². The number of halogens is 3. The molecular formula is C24H20ClF2N3O2. The van der Waals surface area contributed by atoms with Gasteiger partial charge in [-0.2, -0.15) is 0 Å². The quantitative estimate of drug-likeness (QED) is 0.536. The first kappa shape index (κ1) is 21.8. The van der Waals surface area contributed by atoms with Crippen LogP contribution in [0.2, 0.25) is 5.02 Å². The molecule has 8 heteroatoms. The van der Waals surface area contributed by atoms with Crippen molar-refractivity contribution in [2.75, 3.05) is 23.3 Å². The van der Waals surface area contributed by atoms with Crippen LogP contribution in [0.15, 0.2) is 66.7 Å². The summed E-state index contributed by atoms with van der Waals surface area (Å²) in [5, 5.41) is 3.13. The standard InChI is InChI=1S/C24H20ClF2N3O2/c25-21-8-2-1-7-20(21)23(31)28-18-5-3-6-19(14-18)30-12-4-11-29(24(30)32)15-16-13-17(26)9-10-22(16)27/h1-3,5-10,13-14H,4,11-12,15H2,(H,28,31). The van der Waals surface area contributed by atoms with E-state index >= 15 is 0 Å². The van der Waals surface area contributed by atoms with Crippen molar-refractivity contribution < 1.29 is 18.4 Å². The zero-order chi connectivity index (χ0) is 22.7. The Morgan fingerprint density at radius 3 is 2.62 bits per heavy atom. The van der Waals surface area contributed by atoms with Crippen LogP contribution in [0.1, 0.15) is 22.3 Å². The minimum Gasteiger partial charge on any atom is -0.322 e. The maximum atomic E-state index is 14.0. The van der Waals surface area contributed by atoms with E-state index in [2.05, 4.69) is 5.32 Å². The van der Waals surface area contributed by atoms with Gasteiger partial charge in [0, 0.05) is 30.0 Å². The zero-order valence-electron chi connectivity index (χ0n) is 17.0. The van der Waals surface area contributed by atoms with Crippen LogP contribution < -0.4 is 10.2 Å². The lowest BCUT2D eigenvalue weighted by molar-refractivity contribution is 0.102. The van der Waals surface area contributed by atoms with E-state index in [0.717, 1.165) is 18.2 Å². The molecule has 3 aromatic rings. The molecule has 0 atom stereocenters. The van der Waals surface area contributed by atoms with E-state index in [4.69, 9.17) is 11.6 Å². The number of carbonyl (C=O) groups is 2. The Kier molecular flexibility index (Phi) is 6.37. The first-order chi connectivity index (χ1) is 15.4. The van der Waals surface area contributed by atoms with Gasteiger partial charge in [0.25, 0.3) is 5.91 Å². The summed E-state index contributed by atoms with van der Waals surface area (Å²) in [4.78, 5) is 28.7. The normalized spacial score (nSPS) is 13.9. The van der Waals surface area contributed by atoms with Gasteiger partial charge in [-0.25, -0.2) is 13.6 Å². The van der Waals surface area contributed by atoms with Crippen LogP contribution in [0, 0.1) is 11.6 Å². The second kappa shape index (κ2) is 9.36. The molecular weight excluding hydrogens is 436 g/mol. The SMILES string of the molecule is O=C(Nc1cccc(N2CCCN(Cc3cc(F)ccc3F)C2=O)c1)c1ccccc1Cl. The lowest BCUT2D eigenvalue weighted by Gasteiger charge is -2.36. The molecule has 1 saturated heterocycles. The highest BCUT2D eigenvalue weighted by Gasteiger charge is 2.27. The van der Waals surface area contributed by atoms with Crippen molar-refractivity contribution in [2.24, 2.45) is 0 Å². The smallest absolute Gasteiger partial charge is 0.322 e. The minimum absolute atomic E-state index is 0.0259. The molecule has 164 valence electrons. The fraction of sp³-hybridized carbons (Fsp3) is 0.167. The molecule has 0 bridgehead atoms. The van der Waals surface area contributed by atoms with Crippen molar-refractivity contribution in [3.8, 4) is 0 Å². The van der Waals surface area contributed by atoms with E-state index in [-0.39, 0.29) is 24.0 Å². The van der Waals surface area contributed by atoms with Gasteiger partial charge in [-0.1, -0.05) is 29.8 Å². The summed E-state index contributed by atoms with van der Waals surface area (Å²) in [6.45, 7) is 0.888. The lowest BCUT2D eigenvalue weighted by Crippen LogP contribution is -2.49. The molecule has 3 amide bonds. The van der Waals surface area contributed by atoms with Crippen LogP contribution in [0.4, 0.5) is 25.0 Å². The van der Waals surface area contributed by atoms with Crippen molar-refractivity contribution in [1.29, 1.82) is 0 Å². The highest BCUT2D eigenvalue weighted by atomic mass is 35.5. The van der Waals surface area contributed by atoms with Crippen molar-refractivity contribution in [3.05, 3.63) is 94.5 Å². The minimum atomic E-state index is -0.555. The topological polar surface area (TPSA) is 52.7 Å². The number of hydrogen-bond acceptors (Lipinski definition) is 2. The Morgan fingerprint density at radius 1 is 1.00 bits per heavy atom. The van der Waals surface area contributed by atoms with Crippen LogP contribution in [0.25, 0.3) is 0 Å².